The second kappa shape index (κ2) is 5.72. The summed E-state index contributed by atoms with van der Waals surface area (Å²) in [5.74, 6) is 0.658. The zero-order valence-corrected chi connectivity index (χ0v) is 13.2. The normalized spacial score (nSPS) is 19.2. The third-order valence-electron chi connectivity index (χ3n) is 4.29. The van der Waals surface area contributed by atoms with Crippen molar-refractivity contribution in [2.24, 2.45) is 0 Å². The number of nitrogens with zero attached hydrogens (tertiary/aromatic N) is 2. The van der Waals surface area contributed by atoms with Gasteiger partial charge in [-0.15, -0.1) is 10.2 Å². The zero-order chi connectivity index (χ0) is 16.7. The third kappa shape index (κ3) is 2.65. The first-order valence-corrected chi connectivity index (χ1v) is 7.91. The largest absolute Gasteiger partial charge is 0.325 e. The van der Waals surface area contributed by atoms with Gasteiger partial charge in [0.2, 0.25) is 0 Å². The van der Waals surface area contributed by atoms with E-state index in [2.05, 4.69) is 32.3 Å². The molecule has 0 spiro atoms. The van der Waals surface area contributed by atoms with Crippen molar-refractivity contribution in [1.29, 1.82) is 0 Å². The van der Waals surface area contributed by atoms with Gasteiger partial charge < -0.3 is 4.98 Å². The molecule has 2 aromatic heterocycles. The van der Waals surface area contributed by atoms with E-state index < -0.39 is 11.2 Å². The summed E-state index contributed by atoms with van der Waals surface area (Å²) < 4.78 is 0. The van der Waals surface area contributed by atoms with Gasteiger partial charge in [0.1, 0.15) is 5.69 Å². The number of H-pyrrole nitrogens is 2. The summed E-state index contributed by atoms with van der Waals surface area (Å²) in [7, 11) is 0. The van der Waals surface area contributed by atoms with Gasteiger partial charge in [0.05, 0.1) is 5.56 Å². The van der Waals surface area contributed by atoms with Crippen LogP contribution in [0.25, 0.3) is 11.3 Å². The van der Waals surface area contributed by atoms with Gasteiger partial charge in [-0.1, -0.05) is 41.9 Å². The van der Waals surface area contributed by atoms with Crippen LogP contribution in [-0.2, 0) is 0 Å². The highest BCUT2D eigenvalue weighted by Crippen LogP contribution is 2.55. The molecular weight excluding hydrogens is 328 g/mol. The van der Waals surface area contributed by atoms with Crippen molar-refractivity contribution in [3.63, 3.8) is 0 Å². The quantitative estimate of drug-likeness (QED) is 0.766. The monoisotopic (exact) mass is 340 g/mol. The summed E-state index contributed by atoms with van der Waals surface area (Å²) >= 11 is 6.22. The first-order chi connectivity index (χ1) is 11.6. The van der Waals surface area contributed by atoms with Crippen molar-refractivity contribution in [2.45, 2.75) is 18.3 Å². The Morgan fingerprint density at radius 1 is 1.08 bits per heavy atom. The lowest BCUT2D eigenvalue weighted by Gasteiger charge is -2.05. The van der Waals surface area contributed by atoms with Crippen LogP contribution in [-0.4, -0.2) is 20.2 Å². The van der Waals surface area contributed by atoms with Crippen LogP contribution in [0, 0.1) is 0 Å². The molecule has 1 aromatic carbocycles. The predicted molar refractivity (Wildman–Crippen MR) is 90.3 cm³/mol. The number of nitrogens with one attached hydrogen (secondary N) is 2. The van der Waals surface area contributed by atoms with Crippen LogP contribution in [0.5, 0.6) is 0 Å². The summed E-state index contributed by atoms with van der Waals surface area (Å²) in [6.45, 7) is 0. The highest BCUT2D eigenvalue weighted by Gasteiger charge is 2.41. The van der Waals surface area contributed by atoms with E-state index >= 15 is 0 Å². The number of aromatic amines is 2. The van der Waals surface area contributed by atoms with Crippen molar-refractivity contribution in [2.75, 3.05) is 0 Å². The highest BCUT2D eigenvalue weighted by atomic mass is 35.5. The highest BCUT2D eigenvalue weighted by molar-refractivity contribution is 6.30. The third-order valence-corrected chi connectivity index (χ3v) is 4.58. The fourth-order valence-corrected chi connectivity index (χ4v) is 3.22. The lowest BCUT2D eigenvalue weighted by Crippen LogP contribution is -2.23. The standard InChI is InChI=1S/C17H13ClN4O2/c18-15-12(11-6-10(11)9-4-2-1-3-5-9)7-14(21-22-15)13-8-19-17(24)20-16(13)23/h1-5,7-8,10-11H,6H2,(H2,19,20,23,24)/t10-,11+/m0/s1. The molecule has 0 amide bonds. The number of aromatic nitrogens is 4. The number of hydrogen-bond donors (Lipinski definition) is 2. The van der Waals surface area contributed by atoms with Crippen LogP contribution in [0.4, 0.5) is 0 Å². The molecule has 24 heavy (non-hydrogen) atoms. The second-order valence-electron chi connectivity index (χ2n) is 5.82. The van der Waals surface area contributed by atoms with Crippen LogP contribution >= 0.6 is 11.6 Å². The first kappa shape index (κ1) is 14.8. The Morgan fingerprint density at radius 2 is 1.88 bits per heavy atom. The zero-order valence-electron chi connectivity index (χ0n) is 12.5. The summed E-state index contributed by atoms with van der Waals surface area (Å²) in [5, 5.41) is 8.31. The molecule has 120 valence electrons. The van der Waals surface area contributed by atoms with Crippen LogP contribution in [0.3, 0.4) is 0 Å². The fraction of sp³-hybridized carbons (Fsp3) is 0.176. The maximum atomic E-state index is 11.9. The van der Waals surface area contributed by atoms with Crippen molar-refractivity contribution in [3.05, 3.63) is 79.7 Å². The van der Waals surface area contributed by atoms with E-state index in [1.54, 1.807) is 6.07 Å². The second-order valence-corrected chi connectivity index (χ2v) is 6.18. The number of hydrogen-bond acceptors (Lipinski definition) is 4. The average molecular weight is 341 g/mol. The molecule has 0 bridgehead atoms. The lowest BCUT2D eigenvalue weighted by molar-refractivity contribution is 0.952. The van der Waals surface area contributed by atoms with Gasteiger partial charge >= 0.3 is 5.69 Å². The van der Waals surface area contributed by atoms with Gasteiger partial charge in [0.15, 0.2) is 5.15 Å². The molecule has 2 N–H and O–H groups in total. The Bertz CT molecular complexity index is 1010. The minimum atomic E-state index is -0.558. The number of halogens is 1. The maximum Gasteiger partial charge on any atom is 0.325 e. The molecule has 4 rings (SSSR count). The van der Waals surface area contributed by atoms with Crippen molar-refractivity contribution in [3.8, 4) is 11.3 Å². The van der Waals surface area contributed by atoms with E-state index in [1.807, 2.05) is 18.2 Å². The molecular formula is C17H13ClN4O2. The Kier molecular flexibility index (Phi) is 3.54. The molecule has 3 aromatic rings. The smallest absolute Gasteiger partial charge is 0.313 e. The predicted octanol–water partition coefficient (Wildman–Crippen LogP) is 2.44. The Morgan fingerprint density at radius 3 is 2.62 bits per heavy atom. The van der Waals surface area contributed by atoms with Gasteiger partial charge in [-0.25, -0.2) is 4.79 Å². The number of benzene rings is 1. The average Bonchev–Trinajstić information content (AvgIpc) is 3.37. The van der Waals surface area contributed by atoms with Crippen LogP contribution in [0.2, 0.25) is 5.15 Å². The Balaban J connectivity index is 1.71. The van der Waals surface area contributed by atoms with E-state index in [1.165, 1.54) is 11.8 Å². The Labute approximate surface area is 141 Å². The van der Waals surface area contributed by atoms with E-state index in [4.69, 9.17) is 11.6 Å². The number of rotatable bonds is 3. The van der Waals surface area contributed by atoms with E-state index in [0.717, 1.165) is 12.0 Å². The topological polar surface area (TPSA) is 91.5 Å². The molecule has 0 unspecified atom stereocenters. The molecule has 1 aliphatic rings. The van der Waals surface area contributed by atoms with E-state index in [-0.39, 0.29) is 11.5 Å². The molecule has 0 saturated heterocycles. The van der Waals surface area contributed by atoms with Crippen LogP contribution in [0.1, 0.15) is 29.4 Å². The summed E-state index contributed by atoms with van der Waals surface area (Å²) in [6.07, 6.45) is 2.32. The minimum absolute atomic E-state index is 0.260. The van der Waals surface area contributed by atoms with Gasteiger partial charge in [0.25, 0.3) is 5.56 Å². The van der Waals surface area contributed by atoms with Gasteiger partial charge in [-0.05, 0) is 35.4 Å². The molecule has 1 saturated carbocycles. The van der Waals surface area contributed by atoms with Gasteiger partial charge in [-0.2, -0.15) is 0 Å². The maximum absolute atomic E-state index is 11.9. The fourth-order valence-electron chi connectivity index (χ4n) is 2.99. The SMILES string of the molecule is O=c1[nH]cc(-c2cc([C@@H]3C[C@H]3c3ccccc3)c(Cl)nn2)c(=O)[nH]1. The van der Waals surface area contributed by atoms with E-state index in [9.17, 15) is 9.59 Å². The molecule has 2 heterocycles. The molecule has 7 heteroatoms. The van der Waals surface area contributed by atoms with Gasteiger partial charge in [-0.3, -0.25) is 9.78 Å². The van der Waals surface area contributed by atoms with Gasteiger partial charge in [0, 0.05) is 6.20 Å². The first-order valence-electron chi connectivity index (χ1n) is 7.54. The molecule has 0 radical (unpaired) electrons. The molecule has 1 fully saturated rings. The molecule has 6 nitrogen and oxygen atoms in total. The minimum Gasteiger partial charge on any atom is -0.313 e. The Hall–Kier alpha value is -2.73. The molecule has 1 aliphatic carbocycles. The van der Waals surface area contributed by atoms with Crippen molar-refractivity contribution < 1.29 is 0 Å². The van der Waals surface area contributed by atoms with Crippen molar-refractivity contribution >= 4 is 11.6 Å². The van der Waals surface area contributed by atoms with E-state index in [0.29, 0.717) is 16.8 Å². The summed E-state index contributed by atoms with van der Waals surface area (Å²) in [5.41, 5.74) is 1.73. The molecule has 0 aliphatic heterocycles. The molecule has 2 atom stereocenters. The van der Waals surface area contributed by atoms with Crippen LogP contribution < -0.4 is 11.2 Å². The lowest BCUT2D eigenvalue weighted by atomic mass is 10.0. The summed E-state index contributed by atoms with van der Waals surface area (Å²) in [6, 6.07) is 12.0. The van der Waals surface area contributed by atoms with Crippen molar-refractivity contribution in [1.82, 2.24) is 20.2 Å². The summed E-state index contributed by atoms with van der Waals surface area (Å²) in [4.78, 5) is 27.7. The van der Waals surface area contributed by atoms with Crippen LogP contribution in [0.15, 0.2) is 52.2 Å².